The average molecular weight is 193 g/mol. The van der Waals surface area contributed by atoms with E-state index in [0.717, 1.165) is 13.0 Å². The van der Waals surface area contributed by atoms with Crippen molar-refractivity contribution < 1.29 is 14.2 Å². The summed E-state index contributed by atoms with van der Waals surface area (Å²) in [6, 6.07) is 0. The molecule has 4 heteroatoms. The van der Waals surface area contributed by atoms with E-state index in [2.05, 4.69) is 0 Å². The summed E-state index contributed by atoms with van der Waals surface area (Å²) < 4.78 is 16.7. The minimum Gasteiger partial charge on any atom is -0.373 e. The molecule has 2 fully saturated rings. The molecule has 2 aliphatic rings. The average Bonchev–Trinajstić information content (AvgIpc) is 2.63. The summed E-state index contributed by atoms with van der Waals surface area (Å²) in [7, 11) is 0. The minimum atomic E-state index is -0.487. The van der Waals surface area contributed by atoms with E-state index in [1.54, 1.807) is 0 Å². The van der Waals surface area contributed by atoms with E-state index >= 15 is 0 Å². The van der Waals surface area contributed by atoms with Crippen molar-refractivity contribution in [2.24, 2.45) is 0 Å². The van der Waals surface area contributed by atoms with Gasteiger partial charge in [0, 0.05) is 6.42 Å². The van der Waals surface area contributed by atoms with Gasteiger partial charge in [0.1, 0.15) is 6.10 Å². The molecule has 0 amide bonds. The van der Waals surface area contributed by atoms with Crippen LogP contribution in [0.1, 0.15) is 13.3 Å². The molecule has 2 aliphatic heterocycles. The van der Waals surface area contributed by atoms with Crippen molar-refractivity contribution in [1.29, 1.82) is 0 Å². The predicted molar refractivity (Wildman–Crippen MR) is 44.3 cm³/mol. The number of alkyl halides is 1. The second kappa shape index (κ2) is 3.14. The molecule has 70 valence electrons. The number of hydrogen-bond acceptors (Lipinski definition) is 3. The smallest absolute Gasteiger partial charge is 0.197 e. The monoisotopic (exact) mass is 192 g/mol. The highest BCUT2D eigenvalue weighted by Gasteiger charge is 2.49. The van der Waals surface area contributed by atoms with E-state index in [-0.39, 0.29) is 12.2 Å². The normalized spacial score (nSPS) is 47.5. The lowest BCUT2D eigenvalue weighted by Crippen LogP contribution is -2.38. The molecular weight excluding hydrogens is 180 g/mol. The third-order valence-electron chi connectivity index (χ3n) is 2.49. The molecule has 0 aromatic carbocycles. The highest BCUT2D eigenvalue weighted by molar-refractivity contribution is 6.18. The lowest BCUT2D eigenvalue weighted by molar-refractivity contribution is -0.191. The van der Waals surface area contributed by atoms with Crippen molar-refractivity contribution in [3.8, 4) is 0 Å². The highest BCUT2D eigenvalue weighted by atomic mass is 35.5. The van der Waals surface area contributed by atoms with Gasteiger partial charge in [-0.05, 0) is 6.92 Å². The Morgan fingerprint density at radius 1 is 1.58 bits per heavy atom. The second-order valence-electron chi connectivity index (χ2n) is 3.28. The van der Waals surface area contributed by atoms with Gasteiger partial charge in [0.2, 0.25) is 0 Å². The zero-order valence-corrected chi connectivity index (χ0v) is 7.84. The number of ether oxygens (including phenoxy) is 3. The third kappa shape index (κ3) is 1.25. The number of hydrogen-bond donors (Lipinski definition) is 0. The Labute approximate surface area is 76.9 Å². The fraction of sp³-hybridized carbons (Fsp3) is 1.00. The SMILES string of the molecule is CC1OCCC12OCC(CCl)O2. The van der Waals surface area contributed by atoms with Crippen molar-refractivity contribution in [2.45, 2.75) is 31.3 Å². The lowest BCUT2D eigenvalue weighted by Gasteiger charge is -2.25. The Bertz CT molecular complexity index is 176. The van der Waals surface area contributed by atoms with E-state index < -0.39 is 5.79 Å². The molecule has 12 heavy (non-hydrogen) atoms. The summed E-state index contributed by atoms with van der Waals surface area (Å²) in [6.45, 7) is 3.29. The molecule has 0 bridgehead atoms. The fourth-order valence-electron chi connectivity index (χ4n) is 1.71. The van der Waals surface area contributed by atoms with E-state index in [1.807, 2.05) is 6.92 Å². The summed E-state index contributed by atoms with van der Waals surface area (Å²) in [5.74, 6) is 0.00796. The van der Waals surface area contributed by atoms with Crippen molar-refractivity contribution >= 4 is 11.6 Å². The van der Waals surface area contributed by atoms with Gasteiger partial charge in [0.25, 0.3) is 0 Å². The van der Waals surface area contributed by atoms with Gasteiger partial charge in [0.05, 0.1) is 25.2 Å². The first-order chi connectivity index (χ1) is 5.77. The Morgan fingerprint density at radius 2 is 2.42 bits per heavy atom. The maximum Gasteiger partial charge on any atom is 0.197 e. The van der Waals surface area contributed by atoms with Crippen molar-refractivity contribution in [1.82, 2.24) is 0 Å². The zero-order chi connectivity index (χ0) is 8.60. The van der Waals surface area contributed by atoms with Crippen LogP contribution in [0, 0.1) is 0 Å². The van der Waals surface area contributed by atoms with Gasteiger partial charge in [-0.1, -0.05) is 0 Å². The number of halogens is 1. The first-order valence-corrected chi connectivity index (χ1v) is 4.79. The first kappa shape index (κ1) is 8.75. The Kier molecular flexibility index (Phi) is 2.29. The van der Waals surface area contributed by atoms with Gasteiger partial charge in [-0.3, -0.25) is 0 Å². The largest absolute Gasteiger partial charge is 0.373 e. The summed E-state index contributed by atoms with van der Waals surface area (Å²) in [5.41, 5.74) is 0. The molecule has 2 rings (SSSR count). The summed E-state index contributed by atoms with van der Waals surface area (Å²) >= 11 is 5.67. The minimum absolute atomic E-state index is 0.0331. The van der Waals surface area contributed by atoms with Crippen LogP contribution in [0.4, 0.5) is 0 Å². The van der Waals surface area contributed by atoms with Gasteiger partial charge in [-0.25, -0.2) is 0 Å². The predicted octanol–water partition coefficient (Wildman–Crippen LogP) is 1.15. The molecule has 3 nitrogen and oxygen atoms in total. The van der Waals surface area contributed by atoms with Gasteiger partial charge < -0.3 is 14.2 Å². The van der Waals surface area contributed by atoms with Crippen LogP contribution in [0.25, 0.3) is 0 Å². The fourth-order valence-corrected chi connectivity index (χ4v) is 1.86. The van der Waals surface area contributed by atoms with Crippen LogP contribution < -0.4 is 0 Å². The second-order valence-corrected chi connectivity index (χ2v) is 3.59. The van der Waals surface area contributed by atoms with Crippen LogP contribution in [-0.2, 0) is 14.2 Å². The zero-order valence-electron chi connectivity index (χ0n) is 7.09. The van der Waals surface area contributed by atoms with Gasteiger partial charge in [0.15, 0.2) is 5.79 Å². The maximum atomic E-state index is 5.69. The summed E-state index contributed by atoms with van der Waals surface area (Å²) in [5, 5.41) is 0. The van der Waals surface area contributed by atoms with E-state index in [9.17, 15) is 0 Å². The van der Waals surface area contributed by atoms with E-state index in [4.69, 9.17) is 25.8 Å². The quantitative estimate of drug-likeness (QED) is 0.584. The highest BCUT2D eigenvalue weighted by Crippen LogP contribution is 2.36. The molecule has 3 atom stereocenters. The molecule has 2 heterocycles. The lowest BCUT2D eigenvalue weighted by atomic mass is 10.1. The third-order valence-corrected chi connectivity index (χ3v) is 2.83. The molecule has 3 unspecified atom stereocenters. The molecular formula is C8H13ClO3. The Hall–Kier alpha value is 0.170. The van der Waals surface area contributed by atoms with Gasteiger partial charge >= 0.3 is 0 Å². The molecule has 0 aromatic heterocycles. The standard InChI is InChI=1S/C8H13ClO3/c1-6-8(2-3-10-6)11-5-7(4-9)12-8/h6-7H,2-5H2,1H3. The Balaban J connectivity index is 2.04. The molecule has 0 radical (unpaired) electrons. The molecule has 0 N–H and O–H groups in total. The Morgan fingerprint density at radius 3 is 2.92 bits per heavy atom. The first-order valence-electron chi connectivity index (χ1n) is 4.26. The van der Waals surface area contributed by atoms with Crippen LogP contribution >= 0.6 is 11.6 Å². The summed E-state index contributed by atoms with van der Waals surface area (Å²) in [6.07, 6.45) is 0.892. The molecule has 0 aliphatic carbocycles. The van der Waals surface area contributed by atoms with Crippen LogP contribution in [-0.4, -0.2) is 37.1 Å². The van der Waals surface area contributed by atoms with Gasteiger partial charge in [-0.2, -0.15) is 0 Å². The summed E-state index contributed by atoms with van der Waals surface area (Å²) in [4.78, 5) is 0. The van der Waals surface area contributed by atoms with Crippen molar-refractivity contribution in [3.05, 3.63) is 0 Å². The van der Waals surface area contributed by atoms with Gasteiger partial charge in [-0.15, -0.1) is 11.6 Å². The number of rotatable bonds is 1. The molecule has 1 spiro atoms. The van der Waals surface area contributed by atoms with E-state index in [1.165, 1.54) is 0 Å². The topological polar surface area (TPSA) is 27.7 Å². The molecule has 2 saturated heterocycles. The molecule has 0 aromatic rings. The van der Waals surface area contributed by atoms with Crippen LogP contribution in [0.5, 0.6) is 0 Å². The van der Waals surface area contributed by atoms with Crippen LogP contribution in [0.15, 0.2) is 0 Å². The van der Waals surface area contributed by atoms with Crippen molar-refractivity contribution in [3.63, 3.8) is 0 Å². The van der Waals surface area contributed by atoms with Crippen LogP contribution in [0.3, 0.4) is 0 Å². The van der Waals surface area contributed by atoms with Crippen molar-refractivity contribution in [2.75, 3.05) is 19.1 Å². The maximum absolute atomic E-state index is 5.69. The van der Waals surface area contributed by atoms with E-state index in [0.29, 0.717) is 12.5 Å². The molecule has 0 saturated carbocycles. The van der Waals surface area contributed by atoms with Crippen LogP contribution in [0.2, 0.25) is 0 Å².